The van der Waals surface area contributed by atoms with Crippen molar-refractivity contribution in [2.24, 2.45) is 11.8 Å². The Kier molecular flexibility index (Phi) is 7.61. The summed E-state index contributed by atoms with van der Waals surface area (Å²) < 4.78 is 6.72. The number of β-amino-alcohol motifs (C(OH)–C–C–N with tert-alkyl or cyclic N) is 1. The van der Waals surface area contributed by atoms with E-state index in [1.165, 1.54) is 4.90 Å². The number of hydrogen-bond acceptors (Lipinski definition) is 5. The van der Waals surface area contributed by atoms with Crippen LogP contribution < -0.4 is 9.80 Å². The van der Waals surface area contributed by atoms with Gasteiger partial charge in [0.15, 0.2) is 0 Å². The molecule has 5 atom stereocenters. The van der Waals surface area contributed by atoms with Crippen molar-refractivity contribution < 1.29 is 24.2 Å². The topological polar surface area (TPSA) is 90.4 Å². The molecule has 0 radical (unpaired) electrons. The fraction of sp³-hybridized carbons (Fsp3) is 0.387. The Morgan fingerprint density at radius 3 is 2.23 bits per heavy atom. The molecule has 0 saturated carbocycles. The van der Waals surface area contributed by atoms with Gasteiger partial charge in [-0.1, -0.05) is 42.0 Å². The molecule has 2 aromatic carbocycles. The third-order valence-corrected chi connectivity index (χ3v) is 8.73. The van der Waals surface area contributed by atoms with E-state index in [0.717, 1.165) is 0 Å². The number of likely N-dealkylation sites (tertiary alicyclic amines) is 1. The van der Waals surface area contributed by atoms with Gasteiger partial charge in [0, 0.05) is 36.0 Å². The molecule has 3 saturated heterocycles. The highest BCUT2D eigenvalue weighted by atomic mass is 35.5. The largest absolute Gasteiger partial charge is 0.395 e. The Labute approximate surface area is 239 Å². The predicted octanol–water partition coefficient (Wildman–Crippen LogP) is 3.84. The van der Waals surface area contributed by atoms with Crippen molar-refractivity contribution >= 4 is 40.7 Å². The molecule has 40 heavy (non-hydrogen) atoms. The number of aliphatic hydroxyl groups excluding tert-OH is 1. The molecular formula is C31H34ClN3O5. The van der Waals surface area contributed by atoms with Gasteiger partial charge in [-0.25, -0.2) is 0 Å². The number of hydrogen-bond donors (Lipinski definition) is 1. The van der Waals surface area contributed by atoms with Crippen LogP contribution in [0.4, 0.5) is 11.4 Å². The Morgan fingerprint density at radius 1 is 1.02 bits per heavy atom. The number of ether oxygens (including phenoxy) is 1. The molecule has 3 aliphatic heterocycles. The maximum atomic E-state index is 14.4. The molecule has 3 fully saturated rings. The molecule has 9 heteroatoms. The fourth-order valence-electron chi connectivity index (χ4n) is 6.88. The molecule has 0 aromatic heterocycles. The SMILES string of the molecule is C=CCN(C(=O)C1N(CCO)C(=O)[C@@H]2[C@@H](C(=O)N(CC=C)c3ccccc3)[C@@]3(C)CCC12O3)c1ccc(Cl)cc1. The molecule has 3 amide bonds. The summed E-state index contributed by atoms with van der Waals surface area (Å²) in [5.74, 6) is -2.63. The second-order valence-corrected chi connectivity index (χ2v) is 11.2. The smallest absolute Gasteiger partial charge is 0.253 e. The van der Waals surface area contributed by atoms with Gasteiger partial charge in [0.1, 0.15) is 11.6 Å². The molecule has 2 unspecified atom stereocenters. The van der Waals surface area contributed by atoms with E-state index in [4.69, 9.17) is 16.3 Å². The summed E-state index contributed by atoms with van der Waals surface area (Å²) >= 11 is 6.09. The van der Waals surface area contributed by atoms with Gasteiger partial charge < -0.3 is 24.5 Å². The first-order chi connectivity index (χ1) is 19.2. The van der Waals surface area contributed by atoms with E-state index in [-0.39, 0.29) is 44.0 Å². The van der Waals surface area contributed by atoms with Crippen molar-refractivity contribution in [3.05, 3.63) is 84.9 Å². The van der Waals surface area contributed by atoms with E-state index in [9.17, 15) is 19.5 Å². The zero-order valence-electron chi connectivity index (χ0n) is 22.5. The number of anilines is 2. The van der Waals surface area contributed by atoms with Gasteiger partial charge in [0.2, 0.25) is 11.8 Å². The molecule has 3 heterocycles. The zero-order chi connectivity index (χ0) is 28.7. The number of rotatable bonds is 10. The van der Waals surface area contributed by atoms with Crippen LogP contribution in [0.25, 0.3) is 0 Å². The number of benzene rings is 2. The van der Waals surface area contributed by atoms with Crippen LogP contribution in [0.2, 0.25) is 5.02 Å². The standard InChI is InChI=1S/C31H34ClN3O5/c1-4-17-33(22-9-7-6-8-10-22)27(37)24-25-28(38)35(19-20-36)26(31(25)16-15-30(24,3)40-31)29(39)34(18-5-2)23-13-11-21(32)12-14-23/h4-14,24-26,36H,1-2,15-20H2,3H3/t24-,25-,26?,30+,31?/m0/s1. The number of carbonyl (C=O) groups is 3. The number of halogens is 1. The number of para-hydroxylation sites is 1. The van der Waals surface area contributed by atoms with Crippen molar-refractivity contribution in [1.82, 2.24) is 4.90 Å². The van der Waals surface area contributed by atoms with Crippen molar-refractivity contribution in [3.63, 3.8) is 0 Å². The van der Waals surface area contributed by atoms with Crippen molar-refractivity contribution in [3.8, 4) is 0 Å². The quantitative estimate of drug-likeness (QED) is 0.444. The number of fused-ring (bicyclic) bond motifs is 1. The van der Waals surface area contributed by atoms with E-state index >= 15 is 0 Å². The monoisotopic (exact) mass is 563 g/mol. The van der Waals surface area contributed by atoms with Gasteiger partial charge in [-0.3, -0.25) is 14.4 Å². The van der Waals surface area contributed by atoms with E-state index < -0.39 is 29.1 Å². The van der Waals surface area contributed by atoms with Crippen LogP contribution in [-0.2, 0) is 19.1 Å². The van der Waals surface area contributed by atoms with Crippen molar-refractivity contribution in [2.45, 2.75) is 37.0 Å². The van der Waals surface area contributed by atoms with Gasteiger partial charge in [-0.2, -0.15) is 0 Å². The molecule has 1 N–H and O–H groups in total. The molecule has 210 valence electrons. The van der Waals surface area contributed by atoms with Crippen molar-refractivity contribution in [2.75, 3.05) is 36.0 Å². The summed E-state index contributed by atoms with van der Waals surface area (Å²) in [5, 5.41) is 10.4. The summed E-state index contributed by atoms with van der Waals surface area (Å²) in [6, 6.07) is 15.1. The Morgan fingerprint density at radius 2 is 1.62 bits per heavy atom. The van der Waals surface area contributed by atoms with Crippen LogP contribution >= 0.6 is 11.6 Å². The second-order valence-electron chi connectivity index (χ2n) is 10.8. The van der Waals surface area contributed by atoms with Gasteiger partial charge in [-0.05, 0) is 56.2 Å². The first-order valence-corrected chi connectivity index (χ1v) is 13.9. The van der Waals surface area contributed by atoms with Crippen LogP contribution in [0.15, 0.2) is 79.9 Å². The highest BCUT2D eigenvalue weighted by Gasteiger charge is 2.78. The van der Waals surface area contributed by atoms with Crippen LogP contribution in [0.5, 0.6) is 0 Å². The van der Waals surface area contributed by atoms with Crippen LogP contribution in [0.1, 0.15) is 19.8 Å². The average molecular weight is 564 g/mol. The molecule has 8 nitrogen and oxygen atoms in total. The van der Waals surface area contributed by atoms with E-state index in [1.807, 2.05) is 37.3 Å². The summed E-state index contributed by atoms with van der Waals surface area (Å²) in [7, 11) is 0. The summed E-state index contributed by atoms with van der Waals surface area (Å²) in [6.45, 7) is 9.59. The Balaban J connectivity index is 1.58. The number of nitrogens with zero attached hydrogens (tertiary/aromatic N) is 3. The maximum Gasteiger partial charge on any atom is 0.253 e. The van der Waals surface area contributed by atoms with Gasteiger partial charge in [0.25, 0.3) is 5.91 Å². The Hall–Kier alpha value is -3.46. The van der Waals surface area contributed by atoms with Gasteiger partial charge >= 0.3 is 0 Å². The van der Waals surface area contributed by atoms with E-state index in [2.05, 4.69) is 13.2 Å². The average Bonchev–Trinajstić information content (AvgIpc) is 3.52. The zero-order valence-corrected chi connectivity index (χ0v) is 23.3. The summed E-state index contributed by atoms with van der Waals surface area (Å²) in [6.07, 6.45) is 4.22. The third-order valence-electron chi connectivity index (χ3n) is 8.48. The lowest BCUT2D eigenvalue weighted by atomic mass is 9.66. The maximum absolute atomic E-state index is 14.4. The number of aliphatic hydroxyl groups is 1. The molecule has 1 spiro atoms. The predicted molar refractivity (Wildman–Crippen MR) is 154 cm³/mol. The molecule has 5 rings (SSSR count). The van der Waals surface area contributed by atoms with Gasteiger partial charge in [0.05, 0.1) is 24.0 Å². The summed E-state index contributed by atoms with van der Waals surface area (Å²) in [4.78, 5) is 47.4. The molecular weight excluding hydrogens is 530 g/mol. The van der Waals surface area contributed by atoms with Crippen LogP contribution in [0, 0.1) is 11.8 Å². The van der Waals surface area contributed by atoms with E-state index in [1.54, 1.807) is 46.2 Å². The number of amides is 3. The van der Waals surface area contributed by atoms with Crippen LogP contribution in [0.3, 0.4) is 0 Å². The first-order valence-electron chi connectivity index (χ1n) is 13.5. The summed E-state index contributed by atoms with van der Waals surface area (Å²) in [5.41, 5.74) is -0.851. The minimum Gasteiger partial charge on any atom is -0.395 e. The minimum atomic E-state index is -1.21. The van der Waals surface area contributed by atoms with Crippen molar-refractivity contribution in [1.29, 1.82) is 0 Å². The normalized spacial score (nSPS) is 28.3. The fourth-order valence-corrected chi connectivity index (χ4v) is 7.00. The molecule has 0 aliphatic carbocycles. The first kappa shape index (κ1) is 28.1. The lowest BCUT2D eigenvalue weighted by Gasteiger charge is -2.36. The van der Waals surface area contributed by atoms with Gasteiger partial charge in [-0.15, -0.1) is 13.2 Å². The number of carbonyl (C=O) groups excluding carboxylic acids is 3. The Bertz CT molecular complexity index is 1320. The highest BCUT2D eigenvalue weighted by molar-refractivity contribution is 6.30. The minimum absolute atomic E-state index is 0.0495. The lowest BCUT2D eigenvalue weighted by Crippen LogP contribution is -2.57. The second kappa shape index (κ2) is 10.8. The molecule has 2 aromatic rings. The van der Waals surface area contributed by atoms with E-state index in [0.29, 0.717) is 29.2 Å². The molecule has 3 aliphatic rings. The lowest BCUT2D eigenvalue weighted by molar-refractivity contribution is -0.145. The van der Waals surface area contributed by atoms with Crippen LogP contribution in [-0.4, -0.2) is 71.2 Å². The highest BCUT2D eigenvalue weighted by Crippen LogP contribution is 2.63. The molecule has 2 bridgehead atoms. The third kappa shape index (κ3) is 4.35.